The number of nitrogens with one attached hydrogen (secondary N) is 1. The van der Waals surface area contributed by atoms with Gasteiger partial charge in [0, 0.05) is 17.0 Å². The van der Waals surface area contributed by atoms with Crippen LogP contribution in [0.15, 0.2) is 29.3 Å². The van der Waals surface area contributed by atoms with Gasteiger partial charge in [0.2, 0.25) is 0 Å². The van der Waals surface area contributed by atoms with E-state index in [0.717, 1.165) is 30.3 Å². The Bertz CT molecular complexity index is 546. The van der Waals surface area contributed by atoms with Crippen molar-refractivity contribution in [2.75, 3.05) is 11.9 Å². The third-order valence-corrected chi connectivity index (χ3v) is 5.83. The number of nitrogens with zero attached hydrogens (tertiary/aromatic N) is 1. The lowest BCUT2D eigenvalue weighted by molar-refractivity contribution is -0.137. The number of aliphatic imine (C=N–C) groups is 1. The van der Waals surface area contributed by atoms with Crippen LogP contribution in [0.25, 0.3) is 0 Å². The highest BCUT2D eigenvalue weighted by Gasteiger charge is 2.36. The molecule has 0 bridgehead atoms. The van der Waals surface area contributed by atoms with Gasteiger partial charge in [-0.15, -0.1) is 0 Å². The summed E-state index contributed by atoms with van der Waals surface area (Å²) in [4.78, 5) is 4.49. The minimum absolute atomic E-state index is 0.286. The third-order valence-electron chi connectivity index (χ3n) is 4.36. The van der Waals surface area contributed by atoms with Crippen LogP contribution >= 0.6 is 11.8 Å². The van der Waals surface area contributed by atoms with Crippen LogP contribution in [0.3, 0.4) is 0 Å². The molecule has 1 N–H and O–H groups in total. The highest BCUT2D eigenvalue weighted by atomic mass is 32.2. The normalized spacial score (nSPS) is 21.5. The monoisotopic (exact) mass is 328 g/mol. The van der Waals surface area contributed by atoms with Crippen LogP contribution in [-0.2, 0) is 6.18 Å². The molecule has 120 valence electrons. The van der Waals surface area contributed by atoms with Crippen molar-refractivity contribution in [1.82, 2.24) is 0 Å². The molecule has 1 fully saturated rings. The maximum absolute atomic E-state index is 12.6. The predicted molar refractivity (Wildman–Crippen MR) is 85.4 cm³/mol. The Kier molecular flexibility index (Phi) is 4.39. The van der Waals surface area contributed by atoms with Crippen LogP contribution in [0.4, 0.5) is 18.9 Å². The largest absolute Gasteiger partial charge is 0.416 e. The Hall–Kier alpha value is -1.17. The van der Waals surface area contributed by atoms with Crippen molar-refractivity contribution in [3.63, 3.8) is 0 Å². The Labute approximate surface area is 132 Å². The highest BCUT2D eigenvalue weighted by molar-refractivity contribution is 8.15. The quantitative estimate of drug-likeness (QED) is 0.755. The van der Waals surface area contributed by atoms with Crippen LogP contribution in [-0.4, -0.2) is 16.5 Å². The number of amidine groups is 1. The molecule has 6 heteroatoms. The summed E-state index contributed by atoms with van der Waals surface area (Å²) in [5.74, 6) is 0. The minimum Gasteiger partial charge on any atom is -0.335 e. The van der Waals surface area contributed by atoms with Crippen LogP contribution < -0.4 is 5.32 Å². The van der Waals surface area contributed by atoms with E-state index in [1.807, 2.05) is 0 Å². The van der Waals surface area contributed by atoms with E-state index in [2.05, 4.69) is 10.3 Å². The molecule has 0 atom stereocenters. The van der Waals surface area contributed by atoms with Gasteiger partial charge in [0.25, 0.3) is 0 Å². The molecular weight excluding hydrogens is 309 g/mol. The van der Waals surface area contributed by atoms with Gasteiger partial charge in [-0.3, -0.25) is 4.99 Å². The fraction of sp³-hybridized carbons (Fsp3) is 0.562. The summed E-state index contributed by atoms with van der Waals surface area (Å²) >= 11 is 1.78. The zero-order chi connectivity index (χ0) is 15.6. The maximum atomic E-state index is 12.6. The molecule has 1 aliphatic carbocycles. The lowest BCUT2D eigenvalue weighted by atomic mass is 9.86. The number of rotatable bonds is 1. The van der Waals surface area contributed by atoms with Gasteiger partial charge in [0.1, 0.15) is 0 Å². The SMILES string of the molecule is FC(F)(F)c1ccc(NC2=NCCC3(CCCCC3)S2)cc1. The number of hydrogen-bond acceptors (Lipinski definition) is 3. The van der Waals surface area contributed by atoms with E-state index in [4.69, 9.17) is 0 Å². The van der Waals surface area contributed by atoms with E-state index in [9.17, 15) is 13.2 Å². The lowest BCUT2D eigenvalue weighted by Gasteiger charge is -2.39. The van der Waals surface area contributed by atoms with Gasteiger partial charge < -0.3 is 5.32 Å². The number of benzene rings is 1. The van der Waals surface area contributed by atoms with Crippen molar-refractivity contribution >= 4 is 22.6 Å². The first-order valence-corrected chi connectivity index (χ1v) is 8.46. The zero-order valence-corrected chi connectivity index (χ0v) is 13.1. The van der Waals surface area contributed by atoms with Gasteiger partial charge in [-0.05, 0) is 43.5 Å². The van der Waals surface area contributed by atoms with E-state index in [1.165, 1.54) is 44.2 Å². The first kappa shape index (κ1) is 15.7. The van der Waals surface area contributed by atoms with Gasteiger partial charge in [-0.2, -0.15) is 13.2 Å². The molecule has 22 heavy (non-hydrogen) atoms. The summed E-state index contributed by atoms with van der Waals surface area (Å²) in [6.45, 7) is 0.802. The number of alkyl halides is 3. The molecule has 1 aromatic carbocycles. The molecule has 0 aromatic heterocycles. The molecule has 0 radical (unpaired) electrons. The number of halogens is 3. The molecule has 0 unspecified atom stereocenters. The van der Waals surface area contributed by atoms with Crippen LogP contribution in [0.1, 0.15) is 44.1 Å². The number of thioether (sulfide) groups is 1. The smallest absolute Gasteiger partial charge is 0.335 e. The average molecular weight is 328 g/mol. The van der Waals surface area contributed by atoms with Gasteiger partial charge >= 0.3 is 6.18 Å². The fourth-order valence-electron chi connectivity index (χ4n) is 3.13. The topological polar surface area (TPSA) is 24.4 Å². The summed E-state index contributed by atoms with van der Waals surface area (Å²) in [5.41, 5.74) is 0.0344. The van der Waals surface area contributed by atoms with E-state index in [0.29, 0.717) is 5.69 Å². The molecule has 1 aromatic rings. The minimum atomic E-state index is -4.29. The van der Waals surface area contributed by atoms with Crippen molar-refractivity contribution in [3.8, 4) is 0 Å². The average Bonchev–Trinajstić information content (AvgIpc) is 2.48. The van der Waals surface area contributed by atoms with E-state index < -0.39 is 11.7 Å². The van der Waals surface area contributed by atoms with Gasteiger partial charge in [0.05, 0.1) is 5.56 Å². The van der Waals surface area contributed by atoms with Crippen molar-refractivity contribution in [1.29, 1.82) is 0 Å². The predicted octanol–water partition coefficient (Wildman–Crippen LogP) is 5.31. The third kappa shape index (κ3) is 3.59. The maximum Gasteiger partial charge on any atom is 0.416 e. The van der Waals surface area contributed by atoms with E-state index in [1.54, 1.807) is 11.8 Å². The number of anilines is 1. The molecular formula is C16H19F3N2S. The van der Waals surface area contributed by atoms with Gasteiger partial charge in [-0.25, -0.2) is 0 Å². The van der Waals surface area contributed by atoms with Crippen LogP contribution in [0, 0.1) is 0 Å². The van der Waals surface area contributed by atoms with Crippen molar-refractivity contribution in [2.45, 2.75) is 49.4 Å². The first-order chi connectivity index (χ1) is 10.5. The highest BCUT2D eigenvalue weighted by Crippen LogP contribution is 2.45. The second-order valence-corrected chi connectivity index (χ2v) is 7.44. The van der Waals surface area contributed by atoms with Crippen LogP contribution in [0.5, 0.6) is 0 Å². The van der Waals surface area contributed by atoms with E-state index in [-0.39, 0.29) is 4.75 Å². The van der Waals surface area contributed by atoms with Crippen LogP contribution in [0.2, 0.25) is 0 Å². The Morgan fingerprint density at radius 2 is 1.68 bits per heavy atom. The van der Waals surface area contributed by atoms with Crippen molar-refractivity contribution in [3.05, 3.63) is 29.8 Å². The summed E-state index contributed by atoms with van der Waals surface area (Å²) < 4.78 is 38.0. The molecule has 2 nitrogen and oxygen atoms in total. The molecule has 0 saturated heterocycles. The Morgan fingerprint density at radius 3 is 2.32 bits per heavy atom. The Morgan fingerprint density at radius 1 is 1.00 bits per heavy atom. The summed E-state index contributed by atoms with van der Waals surface area (Å²) in [6.07, 6.45) is 3.08. The van der Waals surface area contributed by atoms with E-state index >= 15 is 0 Å². The molecule has 1 spiro atoms. The molecule has 1 aliphatic heterocycles. The standard InChI is InChI=1S/C16H19F3N2S/c17-16(18,19)12-4-6-13(7-5-12)21-14-20-11-10-15(22-14)8-2-1-3-9-15/h4-7H,1-3,8-11H2,(H,20,21). The summed E-state index contributed by atoms with van der Waals surface area (Å²) in [7, 11) is 0. The Balaban J connectivity index is 1.66. The molecule has 1 saturated carbocycles. The van der Waals surface area contributed by atoms with Gasteiger partial charge in [0.15, 0.2) is 5.17 Å². The zero-order valence-electron chi connectivity index (χ0n) is 12.2. The van der Waals surface area contributed by atoms with Crippen molar-refractivity contribution in [2.24, 2.45) is 4.99 Å². The van der Waals surface area contributed by atoms with Gasteiger partial charge in [-0.1, -0.05) is 31.0 Å². The first-order valence-electron chi connectivity index (χ1n) is 7.65. The molecule has 3 rings (SSSR count). The second kappa shape index (κ2) is 6.14. The molecule has 2 aliphatic rings. The lowest BCUT2D eigenvalue weighted by Crippen LogP contribution is -2.35. The van der Waals surface area contributed by atoms with Crippen molar-refractivity contribution < 1.29 is 13.2 Å². The number of hydrogen-bond donors (Lipinski definition) is 1. The fourth-order valence-corrected chi connectivity index (χ4v) is 4.55. The second-order valence-electron chi connectivity index (χ2n) is 5.98. The summed E-state index contributed by atoms with van der Waals surface area (Å²) in [6, 6.07) is 5.14. The summed E-state index contributed by atoms with van der Waals surface area (Å²) in [5, 5.41) is 4.02. The molecule has 1 heterocycles. The molecule has 0 amide bonds.